The molecule has 0 aliphatic rings. The van der Waals surface area contributed by atoms with E-state index in [4.69, 9.17) is 0 Å². The SMILES string of the molecule is Cc1cc(Nc2cccc(O)c2)nc2ccccc12. The summed E-state index contributed by atoms with van der Waals surface area (Å²) in [6, 6.07) is 17.1. The van der Waals surface area contributed by atoms with Crippen LogP contribution in [0, 0.1) is 6.92 Å². The number of nitrogens with one attached hydrogen (secondary N) is 1. The van der Waals surface area contributed by atoms with Gasteiger partial charge in [-0.1, -0.05) is 24.3 Å². The summed E-state index contributed by atoms with van der Waals surface area (Å²) in [5, 5.41) is 13.8. The number of nitrogens with zero attached hydrogens (tertiary/aromatic N) is 1. The van der Waals surface area contributed by atoms with Crippen molar-refractivity contribution in [1.29, 1.82) is 0 Å². The van der Waals surface area contributed by atoms with Gasteiger partial charge in [0.1, 0.15) is 11.6 Å². The van der Waals surface area contributed by atoms with E-state index in [-0.39, 0.29) is 5.75 Å². The third-order valence-corrected chi connectivity index (χ3v) is 3.04. The third-order valence-electron chi connectivity index (χ3n) is 3.04. The molecular formula is C16H14N2O. The maximum atomic E-state index is 9.46. The van der Waals surface area contributed by atoms with E-state index in [9.17, 15) is 5.11 Å². The Labute approximate surface area is 111 Å². The van der Waals surface area contributed by atoms with Gasteiger partial charge in [0.25, 0.3) is 0 Å². The first kappa shape index (κ1) is 11.5. The molecule has 1 heterocycles. The lowest BCUT2D eigenvalue weighted by atomic mass is 10.1. The van der Waals surface area contributed by atoms with Gasteiger partial charge in [0.05, 0.1) is 5.52 Å². The Morgan fingerprint density at radius 2 is 1.84 bits per heavy atom. The number of fused-ring (bicyclic) bond motifs is 1. The highest BCUT2D eigenvalue weighted by Gasteiger charge is 2.02. The Morgan fingerprint density at radius 3 is 2.68 bits per heavy atom. The highest BCUT2D eigenvalue weighted by molar-refractivity contribution is 5.84. The molecule has 94 valence electrons. The normalized spacial score (nSPS) is 10.6. The van der Waals surface area contributed by atoms with Crippen LogP contribution in [-0.4, -0.2) is 10.1 Å². The van der Waals surface area contributed by atoms with Crippen LogP contribution < -0.4 is 5.32 Å². The lowest BCUT2D eigenvalue weighted by Crippen LogP contribution is -1.95. The molecule has 0 spiro atoms. The van der Waals surface area contributed by atoms with E-state index in [1.54, 1.807) is 18.2 Å². The molecule has 2 aromatic carbocycles. The van der Waals surface area contributed by atoms with Crippen molar-refractivity contribution in [1.82, 2.24) is 4.98 Å². The lowest BCUT2D eigenvalue weighted by Gasteiger charge is -2.09. The van der Waals surface area contributed by atoms with Crippen LogP contribution in [0.5, 0.6) is 5.75 Å². The summed E-state index contributed by atoms with van der Waals surface area (Å²) >= 11 is 0. The minimum atomic E-state index is 0.238. The summed E-state index contributed by atoms with van der Waals surface area (Å²) in [4.78, 5) is 4.57. The number of benzene rings is 2. The number of rotatable bonds is 2. The molecule has 2 N–H and O–H groups in total. The van der Waals surface area contributed by atoms with Crippen molar-refractivity contribution in [2.45, 2.75) is 6.92 Å². The van der Waals surface area contributed by atoms with Crippen molar-refractivity contribution < 1.29 is 5.11 Å². The van der Waals surface area contributed by atoms with Crippen molar-refractivity contribution in [2.75, 3.05) is 5.32 Å². The van der Waals surface area contributed by atoms with Gasteiger partial charge in [-0.2, -0.15) is 0 Å². The molecule has 3 heteroatoms. The summed E-state index contributed by atoms with van der Waals surface area (Å²) in [5.74, 6) is 1.02. The second kappa shape index (κ2) is 4.61. The predicted octanol–water partition coefficient (Wildman–Crippen LogP) is 3.99. The number of aromatic hydroxyl groups is 1. The van der Waals surface area contributed by atoms with Crippen molar-refractivity contribution >= 4 is 22.4 Å². The van der Waals surface area contributed by atoms with Gasteiger partial charge in [-0.05, 0) is 36.8 Å². The van der Waals surface area contributed by atoms with Gasteiger partial charge < -0.3 is 10.4 Å². The zero-order valence-corrected chi connectivity index (χ0v) is 10.6. The number of pyridine rings is 1. The molecule has 0 saturated heterocycles. The zero-order chi connectivity index (χ0) is 13.2. The molecule has 0 saturated carbocycles. The first-order valence-electron chi connectivity index (χ1n) is 6.15. The summed E-state index contributed by atoms with van der Waals surface area (Å²) in [6.07, 6.45) is 0. The summed E-state index contributed by atoms with van der Waals surface area (Å²) in [6.45, 7) is 2.07. The molecule has 0 fully saturated rings. The number of anilines is 2. The summed E-state index contributed by atoms with van der Waals surface area (Å²) < 4.78 is 0. The Morgan fingerprint density at radius 1 is 1.00 bits per heavy atom. The minimum Gasteiger partial charge on any atom is -0.508 e. The Bertz CT molecular complexity index is 738. The number of phenolic OH excluding ortho intramolecular Hbond substituents is 1. The number of para-hydroxylation sites is 1. The largest absolute Gasteiger partial charge is 0.508 e. The molecule has 0 amide bonds. The van der Waals surface area contributed by atoms with Crippen molar-refractivity contribution in [2.24, 2.45) is 0 Å². The lowest BCUT2D eigenvalue weighted by molar-refractivity contribution is 0.475. The molecule has 0 bridgehead atoms. The van der Waals surface area contributed by atoms with E-state index in [1.807, 2.05) is 30.3 Å². The maximum absolute atomic E-state index is 9.46. The molecule has 0 unspecified atom stereocenters. The Kier molecular flexibility index (Phi) is 2.80. The molecule has 0 atom stereocenters. The molecule has 3 rings (SSSR count). The summed E-state index contributed by atoms with van der Waals surface area (Å²) in [5.41, 5.74) is 2.96. The van der Waals surface area contributed by atoms with Gasteiger partial charge in [0, 0.05) is 17.1 Å². The fourth-order valence-corrected chi connectivity index (χ4v) is 2.15. The van der Waals surface area contributed by atoms with Crippen molar-refractivity contribution in [3.63, 3.8) is 0 Å². The zero-order valence-electron chi connectivity index (χ0n) is 10.6. The summed E-state index contributed by atoms with van der Waals surface area (Å²) in [7, 11) is 0. The van der Waals surface area contributed by atoms with Gasteiger partial charge in [-0.15, -0.1) is 0 Å². The molecule has 19 heavy (non-hydrogen) atoms. The molecule has 0 radical (unpaired) electrons. The topological polar surface area (TPSA) is 45.1 Å². The second-order valence-corrected chi connectivity index (χ2v) is 4.52. The van der Waals surface area contributed by atoms with Crippen LogP contribution in [0.25, 0.3) is 10.9 Å². The molecule has 3 aromatic rings. The molecule has 0 aliphatic heterocycles. The van der Waals surface area contributed by atoms with E-state index < -0.39 is 0 Å². The average Bonchev–Trinajstić information content (AvgIpc) is 2.39. The fourth-order valence-electron chi connectivity index (χ4n) is 2.15. The maximum Gasteiger partial charge on any atom is 0.131 e. The van der Waals surface area contributed by atoms with Gasteiger partial charge in [-0.25, -0.2) is 4.98 Å². The first-order valence-corrected chi connectivity index (χ1v) is 6.15. The molecule has 1 aromatic heterocycles. The van der Waals surface area contributed by atoms with Gasteiger partial charge in [0.2, 0.25) is 0 Å². The van der Waals surface area contributed by atoms with Crippen LogP contribution in [-0.2, 0) is 0 Å². The average molecular weight is 250 g/mol. The van der Waals surface area contributed by atoms with E-state index in [0.29, 0.717) is 0 Å². The monoisotopic (exact) mass is 250 g/mol. The van der Waals surface area contributed by atoms with Crippen LogP contribution in [0.1, 0.15) is 5.56 Å². The Hall–Kier alpha value is -2.55. The van der Waals surface area contributed by atoms with E-state index in [1.165, 1.54) is 5.56 Å². The number of aryl methyl sites for hydroxylation is 1. The first-order chi connectivity index (χ1) is 9.22. The number of phenols is 1. The van der Waals surface area contributed by atoms with Gasteiger partial charge in [0.15, 0.2) is 0 Å². The number of hydrogen-bond donors (Lipinski definition) is 2. The quantitative estimate of drug-likeness (QED) is 0.722. The van der Waals surface area contributed by atoms with Crippen LogP contribution in [0.4, 0.5) is 11.5 Å². The van der Waals surface area contributed by atoms with Crippen LogP contribution in [0.15, 0.2) is 54.6 Å². The highest BCUT2D eigenvalue weighted by atomic mass is 16.3. The number of aromatic nitrogens is 1. The predicted molar refractivity (Wildman–Crippen MR) is 77.9 cm³/mol. The third kappa shape index (κ3) is 2.36. The smallest absolute Gasteiger partial charge is 0.131 e. The molecule has 0 aliphatic carbocycles. The van der Waals surface area contributed by atoms with E-state index in [2.05, 4.69) is 23.3 Å². The fraction of sp³-hybridized carbons (Fsp3) is 0.0625. The van der Waals surface area contributed by atoms with Crippen LogP contribution in [0.2, 0.25) is 0 Å². The van der Waals surface area contributed by atoms with E-state index in [0.717, 1.165) is 22.4 Å². The number of hydrogen-bond acceptors (Lipinski definition) is 3. The van der Waals surface area contributed by atoms with Crippen LogP contribution >= 0.6 is 0 Å². The second-order valence-electron chi connectivity index (χ2n) is 4.52. The van der Waals surface area contributed by atoms with Crippen molar-refractivity contribution in [3.8, 4) is 5.75 Å². The molecular weight excluding hydrogens is 236 g/mol. The standard InChI is InChI=1S/C16H14N2O/c1-11-9-16(17-12-5-4-6-13(19)10-12)18-15-8-3-2-7-14(11)15/h2-10,19H,1H3,(H,17,18). The van der Waals surface area contributed by atoms with Gasteiger partial charge in [-0.3, -0.25) is 0 Å². The van der Waals surface area contributed by atoms with Crippen molar-refractivity contribution in [3.05, 3.63) is 60.2 Å². The van der Waals surface area contributed by atoms with E-state index >= 15 is 0 Å². The molecule has 3 nitrogen and oxygen atoms in total. The van der Waals surface area contributed by atoms with Gasteiger partial charge >= 0.3 is 0 Å². The van der Waals surface area contributed by atoms with Crippen LogP contribution in [0.3, 0.4) is 0 Å². The highest BCUT2D eigenvalue weighted by Crippen LogP contribution is 2.23. The Balaban J connectivity index is 2.02. The minimum absolute atomic E-state index is 0.238.